The standard InChI is InChI=1S/C10H23NO2S/c1-5-14(12,13)7-6-11-10(4)8-9(2)3/h9-11H,5-8H2,1-4H3. The van der Waals surface area contributed by atoms with E-state index >= 15 is 0 Å². The molecule has 0 saturated carbocycles. The lowest BCUT2D eigenvalue weighted by molar-refractivity contribution is 0.451. The minimum atomic E-state index is -2.81. The highest BCUT2D eigenvalue weighted by Gasteiger charge is 2.08. The van der Waals surface area contributed by atoms with Gasteiger partial charge in [0.1, 0.15) is 0 Å². The van der Waals surface area contributed by atoms with Crippen LogP contribution in [0.1, 0.15) is 34.1 Å². The summed E-state index contributed by atoms with van der Waals surface area (Å²) in [5, 5.41) is 3.23. The van der Waals surface area contributed by atoms with E-state index in [4.69, 9.17) is 0 Å². The van der Waals surface area contributed by atoms with Crippen LogP contribution < -0.4 is 5.32 Å². The van der Waals surface area contributed by atoms with Gasteiger partial charge in [-0.05, 0) is 19.3 Å². The van der Waals surface area contributed by atoms with E-state index in [1.807, 2.05) is 0 Å². The van der Waals surface area contributed by atoms with E-state index in [0.29, 0.717) is 18.5 Å². The molecule has 0 aromatic rings. The molecule has 3 nitrogen and oxygen atoms in total. The third-order valence-corrected chi connectivity index (χ3v) is 3.88. The maximum absolute atomic E-state index is 11.2. The molecule has 1 atom stereocenters. The van der Waals surface area contributed by atoms with E-state index in [0.717, 1.165) is 6.42 Å². The molecule has 0 bridgehead atoms. The highest BCUT2D eigenvalue weighted by atomic mass is 32.2. The van der Waals surface area contributed by atoms with Gasteiger partial charge < -0.3 is 5.32 Å². The second kappa shape index (κ2) is 6.40. The van der Waals surface area contributed by atoms with E-state index < -0.39 is 9.84 Å². The number of sulfone groups is 1. The summed E-state index contributed by atoms with van der Waals surface area (Å²) in [7, 11) is -2.81. The summed E-state index contributed by atoms with van der Waals surface area (Å²) in [6, 6.07) is 0.405. The second-order valence-electron chi connectivity index (χ2n) is 4.22. The lowest BCUT2D eigenvalue weighted by atomic mass is 10.1. The topological polar surface area (TPSA) is 46.2 Å². The van der Waals surface area contributed by atoms with E-state index in [-0.39, 0.29) is 11.5 Å². The van der Waals surface area contributed by atoms with Crippen LogP contribution >= 0.6 is 0 Å². The quantitative estimate of drug-likeness (QED) is 0.707. The molecule has 0 aliphatic heterocycles. The Kier molecular flexibility index (Phi) is 6.36. The van der Waals surface area contributed by atoms with E-state index in [9.17, 15) is 8.42 Å². The van der Waals surface area contributed by atoms with Crippen LogP contribution in [0, 0.1) is 5.92 Å². The number of hydrogen-bond acceptors (Lipinski definition) is 3. The Morgan fingerprint density at radius 3 is 2.21 bits per heavy atom. The third-order valence-electron chi connectivity index (χ3n) is 2.17. The number of hydrogen-bond donors (Lipinski definition) is 1. The SMILES string of the molecule is CCS(=O)(=O)CCNC(C)CC(C)C. The molecule has 0 aromatic heterocycles. The molecule has 0 radical (unpaired) electrons. The number of nitrogens with one attached hydrogen (secondary N) is 1. The van der Waals surface area contributed by atoms with Crippen molar-refractivity contribution in [2.45, 2.75) is 40.2 Å². The fourth-order valence-electron chi connectivity index (χ4n) is 1.40. The van der Waals surface area contributed by atoms with Gasteiger partial charge in [0.05, 0.1) is 5.75 Å². The summed E-state index contributed by atoms with van der Waals surface area (Å²) in [5.41, 5.74) is 0. The molecular weight excluding hydrogens is 198 g/mol. The van der Waals surface area contributed by atoms with Gasteiger partial charge in [0, 0.05) is 18.3 Å². The van der Waals surface area contributed by atoms with Gasteiger partial charge in [-0.2, -0.15) is 0 Å². The molecule has 0 fully saturated rings. The molecule has 86 valence electrons. The first-order valence-electron chi connectivity index (χ1n) is 5.31. The maximum atomic E-state index is 11.2. The molecule has 1 unspecified atom stereocenters. The van der Waals surface area contributed by atoms with E-state index in [1.165, 1.54) is 0 Å². The summed E-state index contributed by atoms with van der Waals surface area (Å²) >= 11 is 0. The average molecular weight is 221 g/mol. The Morgan fingerprint density at radius 1 is 1.21 bits per heavy atom. The van der Waals surface area contributed by atoms with Gasteiger partial charge in [-0.15, -0.1) is 0 Å². The van der Waals surface area contributed by atoms with Crippen LogP contribution in [0.15, 0.2) is 0 Å². The predicted octanol–water partition coefficient (Wildman–Crippen LogP) is 1.45. The molecule has 4 heteroatoms. The van der Waals surface area contributed by atoms with Crippen molar-refractivity contribution in [3.8, 4) is 0 Å². The van der Waals surface area contributed by atoms with E-state index in [2.05, 4.69) is 26.1 Å². The van der Waals surface area contributed by atoms with Gasteiger partial charge in [-0.1, -0.05) is 20.8 Å². The van der Waals surface area contributed by atoms with Crippen molar-refractivity contribution >= 4 is 9.84 Å². The molecule has 0 rings (SSSR count). The minimum Gasteiger partial charge on any atom is -0.313 e. The van der Waals surface area contributed by atoms with Gasteiger partial charge in [0.2, 0.25) is 0 Å². The van der Waals surface area contributed by atoms with Crippen LogP contribution in [0.2, 0.25) is 0 Å². The van der Waals surface area contributed by atoms with Crippen LogP contribution in [0.3, 0.4) is 0 Å². The van der Waals surface area contributed by atoms with Gasteiger partial charge in [0.25, 0.3) is 0 Å². The molecule has 14 heavy (non-hydrogen) atoms. The van der Waals surface area contributed by atoms with E-state index in [1.54, 1.807) is 6.92 Å². The van der Waals surface area contributed by atoms with Gasteiger partial charge in [0.15, 0.2) is 9.84 Å². The first kappa shape index (κ1) is 13.9. The summed E-state index contributed by atoms with van der Waals surface area (Å²) in [5.74, 6) is 1.15. The Hall–Kier alpha value is -0.0900. The van der Waals surface area contributed by atoms with Crippen LogP contribution in [0.25, 0.3) is 0 Å². The highest BCUT2D eigenvalue weighted by molar-refractivity contribution is 7.91. The lowest BCUT2D eigenvalue weighted by Gasteiger charge is -2.15. The summed E-state index contributed by atoms with van der Waals surface area (Å²) < 4.78 is 22.3. The molecule has 0 amide bonds. The molecule has 0 saturated heterocycles. The molecule has 0 aromatic carbocycles. The Labute approximate surface area is 88.2 Å². The average Bonchev–Trinajstić information content (AvgIpc) is 2.02. The second-order valence-corrected chi connectivity index (χ2v) is 6.69. The van der Waals surface area contributed by atoms with Crippen molar-refractivity contribution in [1.29, 1.82) is 0 Å². The van der Waals surface area contributed by atoms with Crippen LogP contribution in [-0.2, 0) is 9.84 Å². The molecule has 0 aliphatic carbocycles. The smallest absolute Gasteiger partial charge is 0.151 e. The molecule has 0 heterocycles. The molecular formula is C10H23NO2S. The molecule has 1 N–H and O–H groups in total. The Balaban J connectivity index is 3.64. The Morgan fingerprint density at radius 2 is 1.79 bits per heavy atom. The normalized spacial score (nSPS) is 14.6. The van der Waals surface area contributed by atoms with Crippen molar-refractivity contribution < 1.29 is 8.42 Å². The fourth-order valence-corrected chi connectivity index (χ4v) is 2.11. The van der Waals surface area contributed by atoms with Crippen LogP contribution in [0.4, 0.5) is 0 Å². The zero-order valence-electron chi connectivity index (χ0n) is 9.71. The minimum absolute atomic E-state index is 0.243. The Bertz CT molecular complexity index is 235. The van der Waals surface area contributed by atoms with Crippen LogP contribution in [0.5, 0.6) is 0 Å². The summed E-state index contributed by atoms with van der Waals surface area (Å²) in [4.78, 5) is 0. The number of rotatable bonds is 7. The molecule has 0 aliphatic rings. The highest BCUT2D eigenvalue weighted by Crippen LogP contribution is 2.03. The van der Waals surface area contributed by atoms with Gasteiger partial charge in [-0.3, -0.25) is 0 Å². The van der Waals surface area contributed by atoms with Crippen LogP contribution in [-0.4, -0.2) is 32.5 Å². The van der Waals surface area contributed by atoms with Crippen molar-refractivity contribution in [2.75, 3.05) is 18.1 Å². The van der Waals surface area contributed by atoms with Crippen molar-refractivity contribution in [3.05, 3.63) is 0 Å². The summed E-state index contributed by atoms with van der Waals surface area (Å²) in [6.45, 7) is 8.69. The zero-order valence-corrected chi connectivity index (χ0v) is 10.5. The van der Waals surface area contributed by atoms with Crippen molar-refractivity contribution in [3.63, 3.8) is 0 Å². The third kappa shape index (κ3) is 7.33. The monoisotopic (exact) mass is 221 g/mol. The first-order chi connectivity index (χ1) is 6.37. The first-order valence-corrected chi connectivity index (χ1v) is 7.13. The van der Waals surface area contributed by atoms with Crippen molar-refractivity contribution in [1.82, 2.24) is 5.32 Å². The summed E-state index contributed by atoms with van der Waals surface area (Å²) in [6.07, 6.45) is 1.09. The fraction of sp³-hybridized carbons (Fsp3) is 1.00. The maximum Gasteiger partial charge on any atom is 0.151 e. The van der Waals surface area contributed by atoms with Gasteiger partial charge >= 0.3 is 0 Å². The van der Waals surface area contributed by atoms with Gasteiger partial charge in [-0.25, -0.2) is 8.42 Å². The largest absolute Gasteiger partial charge is 0.313 e. The van der Waals surface area contributed by atoms with Crippen molar-refractivity contribution in [2.24, 2.45) is 5.92 Å². The lowest BCUT2D eigenvalue weighted by Crippen LogP contribution is -2.32. The zero-order chi connectivity index (χ0) is 11.2. The predicted molar refractivity (Wildman–Crippen MR) is 61.2 cm³/mol. The molecule has 0 spiro atoms.